The molecule has 0 saturated carbocycles. The zero-order valence-corrected chi connectivity index (χ0v) is 20.5. The first-order valence-electron chi connectivity index (χ1n) is 11.0. The van der Waals surface area contributed by atoms with E-state index in [0.29, 0.717) is 27.8 Å². The molecule has 0 saturated heterocycles. The van der Waals surface area contributed by atoms with Crippen molar-refractivity contribution in [3.05, 3.63) is 69.7 Å². The number of nitrogens with zero attached hydrogens (tertiary/aromatic N) is 2. The van der Waals surface area contributed by atoms with E-state index >= 15 is 0 Å². The van der Waals surface area contributed by atoms with Crippen LogP contribution in [0, 0.1) is 0 Å². The van der Waals surface area contributed by atoms with E-state index in [0.717, 1.165) is 30.8 Å². The number of likely N-dealkylation sites (N-methyl/N-ethyl adjacent to an activating group) is 1. The van der Waals surface area contributed by atoms with E-state index in [1.54, 1.807) is 37.4 Å². The molecule has 2 aromatic carbocycles. The summed E-state index contributed by atoms with van der Waals surface area (Å²) in [5, 5.41) is 6.51. The summed E-state index contributed by atoms with van der Waals surface area (Å²) in [7, 11) is 5.15. The molecule has 2 heterocycles. The van der Waals surface area contributed by atoms with Gasteiger partial charge in [-0.25, -0.2) is 4.98 Å². The van der Waals surface area contributed by atoms with Crippen LogP contribution in [0.15, 0.2) is 42.5 Å². The lowest BCUT2D eigenvalue weighted by molar-refractivity contribution is 0.0939. The minimum atomic E-state index is -0.309. The number of fused-ring (bicyclic) bond motifs is 1. The second-order valence-electron chi connectivity index (χ2n) is 8.22. The summed E-state index contributed by atoms with van der Waals surface area (Å²) in [6, 6.07) is 11.9. The van der Waals surface area contributed by atoms with Gasteiger partial charge in [-0.15, -0.1) is 11.3 Å². The summed E-state index contributed by atoms with van der Waals surface area (Å²) in [4.78, 5) is 33.7. The maximum atomic E-state index is 12.9. The van der Waals surface area contributed by atoms with E-state index in [1.807, 2.05) is 19.1 Å². The molecule has 1 atom stereocenters. The van der Waals surface area contributed by atoms with Gasteiger partial charge in [0.2, 0.25) is 0 Å². The van der Waals surface area contributed by atoms with E-state index in [2.05, 4.69) is 27.6 Å². The molecule has 2 N–H and O–H groups in total. The topological polar surface area (TPSA) is 92.8 Å². The molecule has 9 heteroatoms. The average molecular weight is 481 g/mol. The highest BCUT2D eigenvalue weighted by molar-refractivity contribution is 7.15. The van der Waals surface area contributed by atoms with Crippen molar-refractivity contribution in [1.82, 2.24) is 15.2 Å². The van der Waals surface area contributed by atoms with Crippen LogP contribution in [-0.2, 0) is 13.0 Å². The third-order valence-electron chi connectivity index (χ3n) is 5.78. The number of carbonyl (C=O) groups is 2. The third-order valence-corrected chi connectivity index (χ3v) is 6.78. The second-order valence-corrected chi connectivity index (χ2v) is 9.30. The number of anilines is 1. The molecule has 1 aromatic heterocycles. The molecule has 1 aliphatic heterocycles. The normalized spacial score (nSPS) is 14.1. The fraction of sp³-hybridized carbons (Fsp3) is 0.320. The molecular weight excluding hydrogens is 452 g/mol. The van der Waals surface area contributed by atoms with E-state index in [9.17, 15) is 9.59 Å². The number of thiazole rings is 1. The van der Waals surface area contributed by atoms with Gasteiger partial charge in [-0.1, -0.05) is 12.1 Å². The number of methoxy groups -OCH3 is 2. The highest BCUT2D eigenvalue weighted by Crippen LogP contribution is 2.29. The molecule has 178 valence electrons. The largest absolute Gasteiger partial charge is 0.493 e. The molecule has 0 radical (unpaired) electrons. The molecule has 0 bridgehead atoms. The van der Waals surface area contributed by atoms with Crippen LogP contribution in [0.1, 0.15) is 49.8 Å². The Bertz CT molecular complexity index is 1210. The quantitative estimate of drug-likeness (QED) is 0.533. The van der Waals surface area contributed by atoms with Crippen LogP contribution in [-0.4, -0.2) is 49.5 Å². The molecule has 0 fully saturated rings. The van der Waals surface area contributed by atoms with Crippen LogP contribution in [0.2, 0.25) is 0 Å². The molecule has 0 aliphatic carbocycles. The van der Waals surface area contributed by atoms with Gasteiger partial charge in [-0.05, 0) is 49.9 Å². The van der Waals surface area contributed by atoms with Crippen LogP contribution in [0.5, 0.6) is 11.5 Å². The minimum Gasteiger partial charge on any atom is -0.493 e. The van der Waals surface area contributed by atoms with Crippen molar-refractivity contribution in [3.63, 3.8) is 0 Å². The van der Waals surface area contributed by atoms with Gasteiger partial charge in [0.1, 0.15) is 0 Å². The number of benzene rings is 2. The first kappa shape index (κ1) is 23.7. The summed E-state index contributed by atoms with van der Waals surface area (Å²) in [5.41, 5.74) is 2.85. The SMILES string of the molecule is COc1ccc(C(=O)N[C@@H](C)c2cccc(C(=O)Nc3nc4c(s3)CN(C)CC4)c2)cc1OC. The van der Waals surface area contributed by atoms with Gasteiger partial charge in [0.25, 0.3) is 11.8 Å². The van der Waals surface area contributed by atoms with Crippen LogP contribution in [0.25, 0.3) is 0 Å². The zero-order chi connectivity index (χ0) is 24.2. The second kappa shape index (κ2) is 10.2. The third kappa shape index (κ3) is 5.21. The summed E-state index contributed by atoms with van der Waals surface area (Å²) in [6.45, 7) is 3.70. The Balaban J connectivity index is 1.43. The fourth-order valence-electron chi connectivity index (χ4n) is 3.84. The number of aromatic nitrogens is 1. The Morgan fingerprint density at radius 3 is 2.59 bits per heavy atom. The molecule has 0 unspecified atom stereocenters. The smallest absolute Gasteiger partial charge is 0.257 e. The maximum absolute atomic E-state index is 12.9. The Hall–Kier alpha value is -3.43. The summed E-state index contributed by atoms with van der Waals surface area (Å²) in [5.74, 6) is 0.567. The first-order chi connectivity index (χ1) is 16.4. The number of rotatable bonds is 7. The van der Waals surface area contributed by atoms with E-state index in [1.165, 1.54) is 23.3 Å². The average Bonchev–Trinajstić information content (AvgIpc) is 3.24. The summed E-state index contributed by atoms with van der Waals surface area (Å²) in [6.07, 6.45) is 0.894. The summed E-state index contributed by atoms with van der Waals surface area (Å²) >= 11 is 1.52. The lowest BCUT2D eigenvalue weighted by Crippen LogP contribution is -2.27. The predicted molar refractivity (Wildman–Crippen MR) is 132 cm³/mol. The number of hydrogen-bond acceptors (Lipinski definition) is 7. The number of amides is 2. The van der Waals surface area contributed by atoms with Crippen molar-refractivity contribution in [2.24, 2.45) is 0 Å². The van der Waals surface area contributed by atoms with Gasteiger partial charge >= 0.3 is 0 Å². The predicted octanol–water partition coefficient (Wildman–Crippen LogP) is 3.89. The van der Waals surface area contributed by atoms with Gasteiger partial charge in [-0.2, -0.15) is 0 Å². The van der Waals surface area contributed by atoms with Crippen molar-refractivity contribution in [2.45, 2.75) is 25.9 Å². The molecule has 4 rings (SSSR count). The van der Waals surface area contributed by atoms with Crippen molar-refractivity contribution in [2.75, 3.05) is 33.1 Å². The molecule has 2 amide bonds. The fourth-order valence-corrected chi connectivity index (χ4v) is 4.92. The molecule has 8 nitrogen and oxygen atoms in total. The van der Waals surface area contributed by atoms with Crippen molar-refractivity contribution >= 4 is 28.3 Å². The Morgan fingerprint density at radius 1 is 1.06 bits per heavy atom. The van der Waals surface area contributed by atoms with E-state index < -0.39 is 0 Å². The summed E-state index contributed by atoms with van der Waals surface area (Å²) < 4.78 is 10.5. The number of ether oxygens (including phenoxy) is 2. The van der Waals surface area contributed by atoms with E-state index in [4.69, 9.17) is 9.47 Å². The minimum absolute atomic E-state index is 0.222. The molecule has 1 aliphatic rings. The molecule has 34 heavy (non-hydrogen) atoms. The highest BCUT2D eigenvalue weighted by atomic mass is 32.1. The van der Waals surface area contributed by atoms with Gasteiger partial charge in [-0.3, -0.25) is 14.9 Å². The molecule has 0 spiro atoms. The number of nitrogens with one attached hydrogen (secondary N) is 2. The Kier molecular flexibility index (Phi) is 7.14. The highest BCUT2D eigenvalue weighted by Gasteiger charge is 2.20. The van der Waals surface area contributed by atoms with Crippen molar-refractivity contribution in [1.29, 1.82) is 0 Å². The van der Waals surface area contributed by atoms with Crippen molar-refractivity contribution in [3.8, 4) is 11.5 Å². The zero-order valence-electron chi connectivity index (χ0n) is 19.7. The van der Waals surface area contributed by atoms with Gasteiger partial charge in [0.15, 0.2) is 16.6 Å². The van der Waals surface area contributed by atoms with Crippen LogP contribution in [0.4, 0.5) is 5.13 Å². The van der Waals surface area contributed by atoms with Gasteiger partial charge < -0.3 is 19.7 Å². The molecular formula is C25H28N4O4S. The standard InChI is InChI=1S/C25H28N4O4S/c1-15(26-23(30)18-8-9-20(32-3)21(13-18)33-4)16-6-5-7-17(12-16)24(31)28-25-27-19-10-11-29(2)14-22(19)34-25/h5-9,12-13,15H,10-11,14H2,1-4H3,(H,26,30)(H,27,28,31)/t15-/m0/s1. The first-order valence-corrected chi connectivity index (χ1v) is 11.8. The van der Waals surface area contributed by atoms with Crippen molar-refractivity contribution < 1.29 is 19.1 Å². The van der Waals surface area contributed by atoms with E-state index in [-0.39, 0.29) is 17.9 Å². The molecule has 3 aromatic rings. The van der Waals surface area contributed by atoms with Crippen LogP contribution >= 0.6 is 11.3 Å². The Morgan fingerprint density at radius 2 is 1.82 bits per heavy atom. The van der Waals surface area contributed by atoms with Gasteiger partial charge in [0, 0.05) is 35.5 Å². The van der Waals surface area contributed by atoms with Crippen LogP contribution in [0.3, 0.4) is 0 Å². The number of carbonyl (C=O) groups excluding carboxylic acids is 2. The van der Waals surface area contributed by atoms with Crippen LogP contribution < -0.4 is 20.1 Å². The monoisotopic (exact) mass is 480 g/mol. The lowest BCUT2D eigenvalue weighted by Gasteiger charge is -2.20. The maximum Gasteiger partial charge on any atom is 0.257 e. The number of hydrogen-bond donors (Lipinski definition) is 2. The van der Waals surface area contributed by atoms with Gasteiger partial charge in [0.05, 0.1) is 26.0 Å². The lowest BCUT2D eigenvalue weighted by atomic mass is 10.0. The Labute approximate surface area is 202 Å².